The molecule has 0 aromatic heterocycles. The van der Waals surface area contributed by atoms with Gasteiger partial charge in [-0.05, 0) is 45.1 Å². The molecule has 2 rings (SSSR count). The largest absolute Gasteiger partial charge is 0.494 e. The Kier molecular flexibility index (Phi) is 6.11. The molecule has 1 aliphatic rings. The molecular weight excluding hydrogens is 324 g/mol. The van der Waals surface area contributed by atoms with E-state index in [4.69, 9.17) is 14.0 Å². The number of hydrogen-bond acceptors (Lipinski definition) is 4. The first-order valence-corrected chi connectivity index (χ1v) is 8.71. The fraction of sp³-hybridized carbons (Fsp3) is 0.611. The molecule has 0 saturated carbocycles. The summed E-state index contributed by atoms with van der Waals surface area (Å²) in [5.41, 5.74) is 0.705. The highest BCUT2D eigenvalue weighted by Crippen LogP contribution is 2.36. The van der Waals surface area contributed by atoms with Gasteiger partial charge < -0.3 is 14.0 Å². The maximum atomic E-state index is 13.8. The Bertz CT molecular complexity index is 575. The number of nitrogens with zero attached hydrogens (tertiary/aromatic N) is 1. The smallest absolute Gasteiger partial charge is 0.448 e. The van der Waals surface area contributed by atoms with Gasteiger partial charge in [-0.25, -0.2) is 4.79 Å². The van der Waals surface area contributed by atoms with Crippen LogP contribution in [-0.4, -0.2) is 36.1 Å². The van der Waals surface area contributed by atoms with Crippen molar-refractivity contribution in [2.24, 2.45) is 0 Å². The summed E-state index contributed by atoms with van der Waals surface area (Å²) in [6, 6.07) is 7.17. The maximum Gasteiger partial charge on any atom is 0.494 e. The molecule has 1 aromatic carbocycles. The highest BCUT2D eigenvalue weighted by Gasteiger charge is 2.51. The van der Waals surface area contributed by atoms with Gasteiger partial charge >= 0.3 is 13.2 Å². The van der Waals surface area contributed by atoms with Gasteiger partial charge in [0.2, 0.25) is 0 Å². The molecule has 0 N–H and O–H groups in total. The van der Waals surface area contributed by atoms with Crippen LogP contribution in [0.5, 0.6) is 0 Å². The summed E-state index contributed by atoms with van der Waals surface area (Å²) < 4.78 is 30.6. The highest BCUT2D eigenvalue weighted by molar-refractivity contribution is 6.62. The van der Waals surface area contributed by atoms with Gasteiger partial charge in [-0.2, -0.15) is 0 Å². The molecule has 0 unspecified atom stereocenters. The lowest BCUT2D eigenvalue weighted by Crippen LogP contribution is -2.41. The Morgan fingerprint density at radius 2 is 1.72 bits per heavy atom. The van der Waals surface area contributed by atoms with Crippen LogP contribution in [0.25, 0.3) is 0 Å². The average Bonchev–Trinajstić information content (AvgIpc) is 2.76. The summed E-state index contributed by atoms with van der Waals surface area (Å²) >= 11 is 0. The first-order chi connectivity index (χ1) is 11.7. The van der Waals surface area contributed by atoms with Crippen molar-refractivity contribution in [1.29, 1.82) is 0 Å². The lowest BCUT2D eigenvalue weighted by Gasteiger charge is -2.32. The van der Waals surface area contributed by atoms with Crippen LogP contribution in [0.15, 0.2) is 24.3 Å². The molecule has 0 atom stereocenters. The van der Waals surface area contributed by atoms with Crippen molar-refractivity contribution < 1.29 is 23.3 Å². The van der Waals surface area contributed by atoms with Crippen LogP contribution < -0.4 is 5.46 Å². The second-order valence-corrected chi connectivity index (χ2v) is 7.32. The van der Waals surface area contributed by atoms with Gasteiger partial charge in [0.25, 0.3) is 0 Å². The minimum atomic E-state index is -0.955. The van der Waals surface area contributed by atoms with Gasteiger partial charge in [-0.15, -0.1) is 5.12 Å². The summed E-state index contributed by atoms with van der Waals surface area (Å²) in [6.45, 7) is 10.0. The molecule has 7 heteroatoms. The molecule has 138 valence electrons. The highest BCUT2D eigenvalue weighted by atomic mass is 19.2. The number of hydrogen-bond donors (Lipinski definition) is 0. The van der Waals surface area contributed by atoms with Gasteiger partial charge in [-0.1, -0.05) is 42.1 Å². The fourth-order valence-electron chi connectivity index (χ4n) is 2.36. The molecular formula is C18H27BFNO4. The van der Waals surface area contributed by atoms with E-state index in [9.17, 15) is 9.28 Å². The molecule has 0 aliphatic carbocycles. The number of carbonyl (C=O) groups excluding carboxylic acids is 1. The minimum absolute atomic E-state index is 0.0828. The van der Waals surface area contributed by atoms with Crippen molar-refractivity contribution >= 4 is 18.7 Å². The van der Waals surface area contributed by atoms with Crippen LogP contribution in [0.3, 0.4) is 0 Å². The van der Waals surface area contributed by atoms with Gasteiger partial charge in [0.1, 0.15) is 0 Å². The van der Waals surface area contributed by atoms with Crippen LogP contribution in [0, 0.1) is 0 Å². The minimum Gasteiger partial charge on any atom is -0.448 e. The summed E-state index contributed by atoms with van der Waals surface area (Å²) in [6.07, 6.45) is 0.658. The third kappa shape index (κ3) is 4.73. The number of carbonyl (C=O) groups is 1. The zero-order valence-electron chi connectivity index (χ0n) is 15.7. The third-order valence-corrected chi connectivity index (χ3v) is 4.75. The van der Waals surface area contributed by atoms with Crippen LogP contribution >= 0.6 is 0 Å². The molecule has 25 heavy (non-hydrogen) atoms. The Hall–Kier alpha value is -1.60. The van der Waals surface area contributed by atoms with Crippen LogP contribution in [0.1, 0.15) is 53.0 Å². The van der Waals surface area contributed by atoms with E-state index in [1.807, 2.05) is 46.8 Å². The Labute approximate surface area is 149 Å². The molecule has 1 heterocycles. The Balaban J connectivity index is 1.93. The lowest BCUT2D eigenvalue weighted by molar-refractivity contribution is 0.00412. The van der Waals surface area contributed by atoms with Gasteiger partial charge in [0.15, 0.2) is 0 Å². The molecule has 5 nitrogen and oxygen atoms in total. The predicted molar refractivity (Wildman–Crippen MR) is 95.1 cm³/mol. The fourth-order valence-corrected chi connectivity index (χ4v) is 2.36. The number of amides is 1. The van der Waals surface area contributed by atoms with E-state index >= 15 is 0 Å². The van der Waals surface area contributed by atoms with E-state index in [0.29, 0.717) is 5.56 Å². The van der Waals surface area contributed by atoms with E-state index in [-0.39, 0.29) is 18.3 Å². The maximum absolute atomic E-state index is 13.8. The number of halogens is 1. The molecule has 0 radical (unpaired) electrons. The number of rotatable bonds is 6. The molecule has 0 spiro atoms. The topological polar surface area (TPSA) is 48.0 Å². The number of benzene rings is 1. The first-order valence-electron chi connectivity index (χ1n) is 8.71. The van der Waals surface area contributed by atoms with Gasteiger partial charge in [0, 0.05) is 0 Å². The van der Waals surface area contributed by atoms with E-state index in [2.05, 4.69) is 0 Å². The van der Waals surface area contributed by atoms with Crippen molar-refractivity contribution in [3.05, 3.63) is 29.8 Å². The van der Waals surface area contributed by atoms with Gasteiger partial charge in [0.05, 0.1) is 24.4 Å². The molecule has 1 saturated heterocycles. The number of unbranched alkanes of at least 4 members (excludes halogenated alkanes) is 1. The van der Waals surface area contributed by atoms with E-state index in [1.165, 1.54) is 0 Å². The lowest BCUT2D eigenvalue weighted by atomic mass is 9.79. The molecule has 1 fully saturated rings. The van der Waals surface area contributed by atoms with Crippen LogP contribution in [0.2, 0.25) is 0 Å². The average molecular weight is 351 g/mol. The summed E-state index contributed by atoms with van der Waals surface area (Å²) in [7, 11) is -0.459. The van der Waals surface area contributed by atoms with Crippen molar-refractivity contribution in [3.63, 3.8) is 0 Å². The molecule has 1 aliphatic heterocycles. The summed E-state index contributed by atoms with van der Waals surface area (Å²) in [5.74, 6) is 0. The normalized spacial score (nSPS) is 18.2. The monoisotopic (exact) mass is 351 g/mol. The second-order valence-electron chi connectivity index (χ2n) is 7.32. The number of ether oxygens (including phenoxy) is 1. The Morgan fingerprint density at radius 3 is 2.24 bits per heavy atom. The van der Waals surface area contributed by atoms with E-state index in [0.717, 1.165) is 18.3 Å². The zero-order chi connectivity index (χ0) is 18.7. The molecule has 0 bridgehead atoms. The van der Waals surface area contributed by atoms with Crippen molar-refractivity contribution in [3.8, 4) is 0 Å². The quantitative estimate of drug-likeness (QED) is 0.446. The van der Waals surface area contributed by atoms with Crippen molar-refractivity contribution in [1.82, 2.24) is 5.12 Å². The summed E-state index contributed by atoms with van der Waals surface area (Å²) in [4.78, 5) is 11.5. The molecule has 1 amide bonds. The van der Waals surface area contributed by atoms with E-state index < -0.39 is 24.4 Å². The SMILES string of the molecule is CCCCOC(=O)N(F)Cc1ccc(B2OC(C)(C)C(C)(C)O2)cc1. The zero-order valence-corrected chi connectivity index (χ0v) is 15.7. The van der Waals surface area contributed by atoms with Gasteiger partial charge in [-0.3, -0.25) is 0 Å². The molecule has 1 aromatic rings. The van der Waals surface area contributed by atoms with Crippen LogP contribution in [0.4, 0.5) is 9.28 Å². The predicted octanol–water partition coefficient (Wildman–Crippen LogP) is 3.61. The standard InChI is InChI=1S/C18H27BFNO4/c1-6-7-12-23-16(22)21(20)13-14-8-10-15(11-9-14)19-24-17(2,3)18(4,5)25-19/h8-11H,6-7,12-13H2,1-5H3. The second kappa shape index (κ2) is 7.75. The third-order valence-electron chi connectivity index (χ3n) is 4.75. The van der Waals surface area contributed by atoms with Crippen molar-refractivity contribution in [2.75, 3.05) is 6.61 Å². The first kappa shape index (κ1) is 19.7. The van der Waals surface area contributed by atoms with E-state index in [1.54, 1.807) is 12.1 Å². The van der Waals surface area contributed by atoms with Crippen LogP contribution in [-0.2, 0) is 20.6 Å². The Morgan fingerprint density at radius 1 is 1.16 bits per heavy atom. The summed E-state index contributed by atoms with van der Waals surface area (Å²) in [5, 5.41) is 0.0828. The van der Waals surface area contributed by atoms with Crippen molar-refractivity contribution in [2.45, 2.75) is 65.2 Å².